The topological polar surface area (TPSA) is 96.0 Å². The Labute approximate surface area is 184 Å². The van der Waals surface area contributed by atoms with Gasteiger partial charge in [0.1, 0.15) is 0 Å². The van der Waals surface area contributed by atoms with Gasteiger partial charge < -0.3 is 15.0 Å². The third-order valence-corrected chi connectivity index (χ3v) is 8.29. The largest absolute Gasteiger partial charge is 0.373 e. The van der Waals surface area contributed by atoms with Gasteiger partial charge in [-0.05, 0) is 51.0 Å². The molecule has 170 valence electrons. The molecule has 1 saturated carbocycles. The fourth-order valence-electron chi connectivity index (χ4n) is 4.91. The summed E-state index contributed by atoms with van der Waals surface area (Å²) in [6.45, 7) is 4.82. The van der Waals surface area contributed by atoms with Gasteiger partial charge in [-0.3, -0.25) is 9.59 Å². The quantitative estimate of drug-likeness (QED) is 0.744. The maximum absolute atomic E-state index is 13.0. The molecule has 2 aliphatic heterocycles. The summed E-state index contributed by atoms with van der Waals surface area (Å²) < 4.78 is 33.0. The van der Waals surface area contributed by atoms with Crippen molar-refractivity contribution in [2.75, 3.05) is 25.0 Å². The molecule has 0 radical (unpaired) electrons. The number of anilines is 1. The monoisotopic (exact) mass is 449 g/mol. The fraction of sp³-hybridized carbons (Fsp3) is 0.636. The predicted octanol–water partition coefficient (Wildman–Crippen LogP) is 2.21. The van der Waals surface area contributed by atoms with E-state index in [0.717, 1.165) is 25.7 Å². The Morgan fingerprint density at radius 1 is 1.03 bits per heavy atom. The van der Waals surface area contributed by atoms with Gasteiger partial charge in [0.25, 0.3) is 0 Å². The van der Waals surface area contributed by atoms with Crippen LogP contribution in [0.2, 0.25) is 0 Å². The third kappa shape index (κ3) is 4.78. The molecule has 2 heterocycles. The number of hydrogen-bond donors (Lipinski definition) is 1. The molecule has 9 heteroatoms. The molecule has 1 aromatic rings. The van der Waals surface area contributed by atoms with Crippen LogP contribution < -0.4 is 5.32 Å². The molecular weight excluding hydrogens is 418 g/mol. The number of rotatable bonds is 5. The van der Waals surface area contributed by atoms with Crippen LogP contribution in [0.25, 0.3) is 0 Å². The van der Waals surface area contributed by atoms with Gasteiger partial charge in [-0.2, -0.15) is 4.31 Å². The number of nitrogens with zero attached hydrogens (tertiary/aromatic N) is 2. The molecule has 1 N–H and O–H groups in total. The SMILES string of the molecule is C[C@@H]1CN(S(=O)(=O)c2ccc(NC(=O)[C@H]3CC(=O)N(C4CCCC4)C3)cc2)C[C@@H](C)O1. The average Bonchev–Trinajstić information content (AvgIpc) is 3.37. The summed E-state index contributed by atoms with van der Waals surface area (Å²) in [5.74, 6) is -0.504. The van der Waals surface area contributed by atoms with Crippen LogP contribution in [0.4, 0.5) is 5.69 Å². The minimum absolute atomic E-state index is 0.0578. The van der Waals surface area contributed by atoms with Gasteiger partial charge >= 0.3 is 0 Å². The summed E-state index contributed by atoms with van der Waals surface area (Å²) in [7, 11) is -3.62. The number of ether oxygens (including phenoxy) is 1. The van der Waals surface area contributed by atoms with Crippen molar-refractivity contribution < 1.29 is 22.7 Å². The van der Waals surface area contributed by atoms with Gasteiger partial charge in [-0.1, -0.05) is 12.8 Å². The highest BCUT2D eigenvalue weighted by Gasteiger charge is 2.38. The molecule has 1 aromatic carbocycles. The number of morpholine rings is 1. The number of sulfonamides is 1. The van der Waals surface area contributed by atoms with Crippen LogP contribution in [0.1, 0.15) is 46.0 Å². The van der Waals surface area contributed by atoms with Crippen molar-refractivity contribution in [2.45, 2.75) is 69.1 Å². The second kappa shape index (κ2) is 8.88. The van der Waals surface area contributed by atoms with Gasteiger partial charge in [-0.25, -0.2) is 8.42 Å². The number of carbonyl (C=O) groups is 2. The van der Waals surface area contributed by atoms with Crippen molar-refractivity contribution in [1.82, 2.24) is 9.21 Å². The Morgan fingerprint density at radius 2 is 1.65 bits per heavy atom. The van der Waals surface area contributed by atoms with E-state index in [1.165, 1.54) is 16.4 Å². The molecular formula is C22H31N3O5S. The molecule has 31 heavy (non-hydrogen) atoms. The van der Waals surface area contributed by atoms with Crippen molar-refractivity contribution in [3.05, 3.63) is 24.3 Å². The third-order valence-electron chi connectivity index (χ3n) is 6.44. The first-order valence-corrected chi connectivity index (χ1v) is 12.5. The molecule has 4 rings (SSSR count). The summed E-state index contributed by atoms with van der Waals surface area (Å²) in [6.07, 6.45) is 4.26. The zero-order valence-electron chi connectivity index (χ0n) is 18.1. The molecule has 8 nitrogen and oxygen atoms in total. The van der Waals surface area contributed by atoms with Crippen molar-refractivity contribution in [1.29, 1.82) is 0 Å². The fourth-order valence-corrected chi connectivity index (χ4v) is 6.50. The van der Waals surface area contributed by atoms with Crippen LogP contribution in [0, 0.1) is 5.92 Å². The van der Waals surface area contributed by atoms with Crippen molar-refractivity contribution >= 4 is 27.5 Å². The second-order valence-electron chi connectivity index (χ2n) is 8.98. The summed E-state index contributed by atoms with van der Waals surface area (Å²) in [4.78, 5) is 27.1. The lowest BCUT2D eigenvalue weighted by Crippen LogP contribution is -2.48. The van der Waals surface area contributed by atoms with E-state index in [0.29, 0.717) is 25.3 Å². The molecule has 0 aromatic heterocycles. The predicted molar refractivity (Wildman–Crippen MR) is 116 cm³/mol. The Kier molecular flexibility index (Phi) is 6.37. The molecule has 0 spiro atoms. The smallest absolute Gasteiger partial charge is 0.243 e. The first-order valence-electron chi connectivity index (χ1n) is 11.1. The van der Waals surface area contributed by atoms with Crippen molar-refractivity contribution in [2.24, 2.45) is 5.92 Å². The van der Waals surface area contributed by atoms with Gasteiger partial charge in [-0.15, -0.1) is 0 Å². The average molecular weight is 450 g/mol. The van der Waals surface area contributed by atoms with Crippen molar-refractivity contribution in [3.63, 3.8) is 0 Å². The maximum Gasteiger partial charge on any atom is 0.243 e. The molecule has 2 amide bonds. The van der Waals surface area contributed by atoms with E-state index < -0.39 is 10.0 Å². The lowest BCUT2D eigenvalue weighted by Gasteiger charge is -2.34. The number of hydrogen-bond acceptors (Lipinski definition) is 5. The Balaban J connectivity index is 1.38. The van der Waals surface area contributed by atoms with E-state index in [4.69, 9.17) is 4.74 Å². The Morgan fingerprint density at radius 3 is 2.26 bits per heavy atom. The summed E-state index contributed by atoms with van der Waals surface area (Å²) in [5, 5.41) is 2.84. The second-order valence-corrected chi connectivity index (χ2v) is 10.9. The summed E-state index contributed by atoms with van der Waals surface area (Å²) in [6, 6.07) is 6.51. The first kappa shape index (κ1) is 22.2. The number of carbonyl (C=O) groups excluding carboxylic acids is 2. The molecule has 3 atom stereocenters. The summed E-state index contributed by atoms with van der Waals surface area (Å²) in [5.41, 5.74) is 0.527. The lowest BCUT2D eigenvalue weighted by atomic mass is 10.1. The zero-order chi connectivity index (χ0) is 22.2. The van der Waals surface area contributed by atoms with Crippen LogP contribution in [-0.4, -0.2) is 67.3 Å². The Bertz CT molecular complexity index is 917. The zero-order valence-corrected chi connectivity index (χ0v) is 18.9. The van der Waals surface area contributed by atoms with Crippen LogP contribution >= 0.6 is 0 Å². The maximum atomic E-state index is 13.0. The normalized spacial score (nSPS) is 28.3. The van der Waals surface area contributed by atoms with E-state index in [9.17, 15) is 18.0 Å². The number of benzene rings is 1. The molecule has 1 aliphatic carbocycles. The van der Waals surface area contributed by atoms with Crippen LogP contribution in [0.15, 0.2) is 29.2 Å². The van der Waals surface area contributed by atoms with Crippen LogP contribution in [0.5, 0.6) is 0 Å². The van der Waals surface area contributed by atoms with Gasteiger partial charge in [0.15, 0.2) is 0 Å². The minimum Gasteiger partial charge on any atom is -0.373 e. The minimum atomic E-state index is -3.62. The standard InChI is InChI=1S/C22H31N3O5S/c1-15-12-24(13-16(2)30-15)31(28,29)20-9-7-18(8-10-20)23-22(27)17-11-21(26)25(14-17)19-5-3-4-6-19/h7-10,15-17,19H,3-6,11-14H2,1-2H3,(H,23,27)/t15-,16-,17+/m1/s1. The van der Waals surface area contributed by atoms with Crippen LogP contribution in [-0.2, 0) is 24.3 Å². The molecule has 2 saturated heterocycles. The Hall–Kier alpha value is -1.97. The number of nitrogens with one attached hydrogen (secondary N) is 1. The van der Waals surface area contributed by atoms with E-state index >= 15 is 0 Å². The van der Waals surface area contributed by atoms with E-state index in [-0.39, 0.29) is 47.3 Å². The molecule has 0 bridgehead atoms. The van der Waals surface area contributed by atoms with Crippen molar-refractivity contribution in [3.8, 4) is 0 Å². The van der Waals surface area contributed by atoms with Gasteiger partial charge in [0.05, 0.1) is 23.0 Å². The van der Waals surface area contributed by atoms with E-state index in [1.54, 1.807) is 12.1 Å². The lowest BCUT2D eigenvalue weighted by molar-refractivity contribution is -0.129. The molecule has 3 aliphatic rings. The highest BCUT2D eigenvalue weighted by molar-refractivity contribution is 7.89. The molecule has 0 unspecified atom stereocenters. The van der Waals surface area contributed by atoms with Gasteiger partial charge in [0.2, 0.25) is 21.8 Å². The van der Waals surface area contributed by atoms with E-state index in [2.05, 4.69) is 5.32 Å². The highest BCUT2D eigenvalue weighted by atomic mass is 32.2. The summed E-state index contributed by atoms with van der Waals surface area (Å²) >= 11 is 0. The highest BCUT2D eigenvalue weighted by Crippen LogP contribution is 2.30. The van der Waals surface area contributed by atoms with Gasteiger partial charge in [0, 0.05) is 37.8 Å². The number of likely N-dealkylation sites (tertiary alicyclic amines) is 1. The number of amides is 2. The first-order chi connectivity index (χ1) is 14.7. The van der Waals surface area contributed by atoms with E-state index in [1.807, 2.05) is 18.7 Å². The molecule has 3 fully saturated rings. The van der Waals surface area contributed by atoms with Crippen LogP contribution in [0.3, 0.4) is 0 Å².